The molecule has 0 saturated heterocycles. The lowest BCUT2D eigenvalue weighted by atomic mass is 9.86. The second-order valence-corrected chi connectivity index (χ2v) is 7.39. The van der Waals surface area contributed by atoms with Gasteiger partial charge in [-0.25, -0.2) is 0 Å². The first-order valence-corrected chi connectivity index (χ1v) is 8.51. The summed E-state index contributed by atoms with van der Waals surface area (Å²) in [5.41, 5.74) is 2.13. The Morgan fingerprint density at radius 3 is 2.23 bits per heavy atom. The van der Waals surface area contributed by atoms with Gasteiger partial charge >= 0.3 is 6.18 Å². The van der Waals surface area contributed by atoms with Crippen molar-refractivity contribution in [2.24, 2.45) is 0 Å². The molecule has 0 unspecified atom stereocenters. The average molecular weight is 367 g/mol. The zero-order valence-corrected chi connectivity index (χ0v) is 15.3. The lowest BCUT2D eigenvalue weighted by molar-refractivity contribution is -0.162. The van der Waals surface area contributed by atoms with E-state index in [0.717, 1.165) is 10.5 Å². The fraction of sp³-hybridized carbons (Fsp3) is 0.450. The fourth-order valence-corrected chi connectivity index (χ4v) is 2.62. The van der Waals surface area contributed by atoms with Crippen LogP contribution in [0.1, 0.15) is 44.1 Å². The van der Waals surface area contributed by atoms with Crippen molar-refractivity contribution >= 4 is 5.91 Å². The van der Waals surface area contributed by atoms with Crippen molar-refractivity contribution in [3.63, 3.8) is 0 Å². The SMILES string of the molecule is CC(C)(C)c1ccc(CCC(=O)N(Cc2ccco2)CC(F)(F)F)cc1. The van der Waals surface area contributed by atoms with Gasteiger partial charge in [0.2, 0.25) is 5.91 Å². The summed E-state index contributed by atoms with van der Waals surface area (Å²) in [5, 5.41) is 0. The van der Waals surface area contributed by atoms with Crippen molar-refractivity contribution in [1.29, 1.82) is 0 Å². The molecule has 3 nitrogen and oxygen atoms in total. The molecule has 0 N–H and O–H groups in total. The molecule has 2 aromatic rings. The molecule has 1 aromatic heterocycles. The lowest BCUT2D eigenvalue weighted by Crippen LogP contribution is -2.38. The first-order valence-electron chi connectivity index (χ1n) is 8.51. The van der Waals surface area contributed by atoms with E-state index in [4.69, 9.17) is 4.42 Å². The average Bonchev–Trinajstić information content (AvgIpc) is 3.03. The Kier molecular flexibility index (Phi) is 6.16. The van der Waals surface area contributed by atoms with Crippen molar-refractivity contribution < 1.29 is 22.4 Å². The van der Waals surface area contributed by atoms with Crippen LogP contribution >= 0.6 is 0 Å². The molecule has 1 aromatic carbocycles. The number of furan rings is 1. The van der Waals surface area contributed by atoms with Gasteiger partial charge in [-0.15, -0.1) is 0 Å². The minimum atomic E-state index is -4.45. The van der Waals surface area contributed by atoms with E-state index in [-0.39, 0.29) is 18.4 Å². The highest BCUT2D eigenvalue weighted by Gasteiger charge is 2.33. The van der Waals surface area contributed by atoms with Gasteiger partial charge in [-0.1, -0.05) is 45.0 Å². The van der Waals surface area contributed by atoms with Crippen LogP contribution in [0.3, 0.4) is 0 Å². The van der Waals surface area contributed by atoms with Crippen LogP contribution in [0, 0.1) is 0 Å². The lowest BCUT2D eigenvalue weighted by Gasteiger charge is -2.23. The number of rotatable bonds is 6. The zero-order valence-electron chi connectivity index (χ0n) is 15.3. The summed E-state index contributed by atoms with van der Waals surface area (Å²) in [5.74, 6) is -0.212. The summed E-state index contributed by atoms with van der Waals surface area (Å²) >= 11 is 0. The number of carbonyl (C=O) groups excluding carboxylic acids is 1. The van der Waals surface area contributed by atoms with Crippen LogP contribution in [-0.2, 0) is 23.2 Å². The van der Waals surface area contributed by atoms with Gasteiger partial charge in [-0.3, -0.25) is 4.79 Å². The molecule has 0 fully saturated rings. The van der Waals surface area contributed by atoms with Gasteiger partial charge < -0.3 is 9.32 Å². The van der Waals surface area contributed by atoms with E-state index in [1.807, 2.05) is 24.3 Å². The molecule has 0 saturated carbocycles. The van der Waals surface area contributed by atoms with E-state index in [1.165, 1.54) is 11.8 Å². The Balaban J connectivity index is 1.99. The fourth-order valence-electron chi connectivity index (χ4n) is 2.62. The Morgan fingerprint density at radius 2 is 1.73 bits per heavy atom. The monoisotopic (exact) mass is 367 g/mol. The molecular weight excluding hydrogens is 343 g/mol. The highest BCUT2D eigenvalue weighted by atomic mass is 19.4. The number of benzene rings is 1. The van der Waals surface area contributed by atoms with Gasteiger partial charge in [0.15, 0.2) is 0 Å². The van der Waals surface area contributed by atoms with Crippen LogP contribution in [0.5, 0.6) is 0 Å². The minimum Gasteiger partial charge on any atom is -0.467 e. The topological polar surface area (TPSA) is 33.5 Å². The van der Waals surface area contributed by atoms with E-state index < -0.39 is 18.6 Å². The number of hydrogen-bond donors (Lipinski definition) is 0. The maximum absolute atomic E-state index is 12.8. The number of hydrogen-bond acceptors (Lipinski definition) is 2. The molecule has 6 heteroatoms. The van der Waals surface area contributed by atoms with Crippen molar-refractivity contribution in [2.75, 3.05) is 6.54 Å². The summed E-state index contributed by atoms with van der Waals surface area (Å²) in [6, 6.07) is 11.0. The van der Waals surface area contributed by atoms with Gasteiger partial charge in [-0.05, 0) is 35.1 Å². The van der Waals surface area contributed by atoms with Crippen LogP contribution in [0.4, 0.5) is 13.2 Å². The maximum Gasteiger partial charge on any atom is 0.406 e. The minimum absolute atomic E-state index is 0.0195. The second-order valence-electron chi connectivity index (χ2n) is 7.39. The summed E-state index contributed by atoms with van der Waals surface area (Å²) in [6.07, 6.45) is -2.65. The third kappa shape index (κ3) is 6.24. The summed E-state index contributed by atoms with van der Waals surface area (Å²) in [6.45, 7) is 4.85. The van der Waals surface area contributed by atoms with Crippen LogP contribution in [0.25, 0.3) is 0 Å². The summed E-state index contributed by atoms with van der Waals surface area (Å²) in [7, 11) is 0. The largest absolute Gasteiger partial charge is 0.467 e. The first-order chi connectivity index (χ1) is 12.0. The van der Waals surface area contributed by atoms with E-state index in [0.29, 0.717) is 12.2 Å². The van der Waals surface area contributed by atoms with Crippen LogP contribution in [0.15, 0.2) is 47.1 Å². The van der Waals surface area contributed by atoms with Gasteiger partial charge in [0.05, 0.1) is 12.8 Å². The second kappa shape index (κ2) is 7.98. The Labute approximate surface area is 151 Å². The van der Waals surface area contributed by atoms with Crippen LogP contribution in [-0.4, -0.2) is 23.5 Å². The third-order valence-corrected chi connectivity index (χ3v) is 4.10. The number of alkyl halides is 3. The van der Waals surface area contributed by atoms with Crippen molar-refractivity contribution in [2.45, 2.75) is 51.7 Å². The Bertz CT molecular complexity index is 698. The Hall–Kier alpha value is -2.24. The number of nitrogens with zero attached hydrogens (tertiary/aromatic N) is 1. The van der Waals surface area contributed by atoms with Gasteiger partial charge in [0.25, 0.3) is 0 Å². The van der Waals surface area contributed by atoms with E-state index in [1.54, 1.807) is 12.1 Å². The first kappa shape index (κ1) is 20.1. The number of aryl methyl sites for hydroxylation is 1. The van der Waals surface area contributed by atoms with Gasteiger partial charge in [-0.2, -0.15) is 13.2 Å². The van der Waals surface area contributed by atoms with Gasteiger partial charge in [0.1, 0.15) is 12.3 Å². The Morgan fingerprint density at radius 1 is 1.08 bits per heavy atom. The van der Waals surface area contributed by atoms with Crippen LogP contribution < -0.4 is 0 Å². The predicted octanol–water partition coefficient (Wildman–Crippen LogP) is 5.10. The van der Waals surface area contributed by atoms with Crippen molar-refractivity contribution in [3.8, 4) is 0 Å². The molecule has 2 rings (SSSR count). The molecule has 0 spiro atoms. The molecular formula is C20H24F3NO2. The zero-order chi connectivity index (χ0) is 19.4. The highest BCUT2D eigenvalue weighted by Crippen LogP contribution is 2.23. The number of carbonyl (C=O) groups is 1. The standard InChI is InChI=1S/C20H24F3NO2/c1-19(2,3)16-9-6-15(7-10-16)8-11-18(25)24(14-20(21,22)23)13-17-5-4-12-26-17/h4-7,9-10,12H,8,11,13-14H2,1-3H3. The van der Waals surface area contributed by atoms with E-state index in [2.05, 4.69) is 20.8 Å². The number of halogens is 3. The van der Waals surface area contributed by atoms with Crippen molar-refractivity contribution in [3.05, 3.63) is 59.5 Å². The molecule has 1 amide bonds. The molecule has 0 aliphatic rings. The number of amides is 1. The van der Waals surface area contributed by atoms with Crippen LogP contribution in [0.2, 0.25) is 0 Å². The molecule has 0 atom stereocenters. The molecule has 1 heterocycles. The van der Waals surface area contributed by atoms with E-state index >= 15 is 0 Å². The highest BCUT2D eigenvalue weighted by molar-refractivity contribution is 5.76. The predicted molar refractivity (Wildman–Crippen MR) is 93.6 cm³/mol. The quantitative estimate of drug-likeness (QED) is 0.712. The van der Waals surface area contributed by atoms with Gasteiger partial charge in [0, 0.05) is 6.42 Å². The normalized spacial score (nSPS) is 12.2. The molecule has 0 bridgehead atoms. The molecule has 0 aliphatic heterocycles. The van der Waals surface area contributed by atoms with Crippen molar-refractivity contribution in [1.82, 2.24) is 4.90 Å². The molecule has 26 heavy (non-hydrogen) atoms. The van der Waals surface area contributed by atoms with E-state index in [9.17, 15) is 18.0 Å². The maximum atomic E-state index is 12.8. The molecule has 0 aliphatic carbocycles. The smallest absolute Gasteiger partial charge is 0.406 e. The summed E-state index contributed by atoms with van der Waals surface area (Å²) in [4.78, 5) is 13.1. The summed E-state index contributed by atoms with van der Waals surface area (Å²) < 4.78 is 43.4. The molecule has 0 radical (unpaired) electrons. The third-order valence-electron chi connectivity index (χ3n) is 4.10. The molecule has 142 valence electrons.